The van der Waals surface area contributed by atoms with E-state index >= 15 is 0 Å². The fourth-order valence-electron chi connectivity index (χ4n) is 5.69. The van der Waals surface area contributed by atoms with Crippen LogP contribution in [-0.2, 0) is 0 Å². The molecule has 0 heterocycles. The highest BCUT2D eigenvalue weighted by molar-refractivity contribution is 6.84. The van der Waals surface area contributed by atoms with Crippen LogP contribution in [0, 0.1) is 0 Å². The van der Waals surface area contributed by atoms with Gasteiger partial charge >= 0.3 is 0 Å². The van der Waals surface area contributed by atoms with E-state index in [-0.39, 0.29) is 0 Å². The van der Waals surface area contributed by atoms with Crippen molar-refractivity contribution in [3.8, 4) is 0 Å². The second-order valence-electron chi connectivity index (χ2n) is 9.81. The topological polar surface area (TPSA) is 3.01 Å². The molecule has 150 valence electrons. The number of benzene rings is 3. The van der Waals surface area contributed by atoms with Crippen molar-refractivity contribution in [3.05, 3.63) is 117 Å². The third-order valence-corrected chi connectivity index (χ3v) is 8.84. The van der Waals surface area contributed by atoms with Crippen molar-refractivity contribution in [3.63, 3.8) is 0 Å². The van der Waals surface area contributed by atoms with Crippen LogP contribution in [0.2, 0.25) is 19.6 Å². The fourth-order valence-corrected chi connectivity index (χ4v) is 7.94. The van der Waals surface area contributed by atoms with Crippen LogP contribution < -0.4 is 0 Å². The van der Waals surface area contributed by atoms with Crippen molar-refractivity contribution in [2.24, 2.45) is 0 Å². The monoisotopic (exact) mass is 408 g/mol. The van der Waals surface area contributed by atoms with Crippen LogP contribution in [0.4, 0.5) is 0 Å². The summed E-state index contributed by atoms with van der Waals surface area (Å²) in [5, 5.41) is 1.71. The Kier molecular flexibility index (Phi) is 4.44. The van der Waals surface area contributed by atoms with Gasteiger partial charge < -0.3 is 0 Å². The van der Waals surface area contributed by atoms with Crippen molar-refractivity contribution < 1.29 is 4.58 Å². The van der Waals surface area contributed by atoms with Gasteiger partial charge in [-0.15, -0.1) is 0 Å². The Balaban J connectivity index is 1.91. The Morgan fingerprint density at radius 3 is 1.50 bits per heavy atom. The number of nitrogens with zero attached hydrogens (tertiary/aromatic N) is 1. The normalized spacial score (nSPS) is 19.4. The van der Waals surface area contributed by atoms with Gasteiger partial charge in [-0.1, -0.05) is 91.6 Å². The van der Waals surface area contributed by atoms with E-state index in [1.54, 1.807) is 10.8 Å². The summed E-state index contributed by atoms with van der Waals surface area (Å²) in [7, 11) is 2.79. The third kappa shape index (κ3) is 2.78. The molecule has 1 nitrogen and oxygen atoms in total. The average molecular weight is 409 g/mol. The summed E-state index contributed by atoms with van der Waals surface area (Å²) in [5.41, 5.74) is 10.3. The molecule has 3 aliphatic rings. The minimum atomic E-state index is -1.62. The van der Waals surface area contributed by atoms with Gasteiger partial charge in [0.05, 0.1) is 8.07 Å². The lowest BCUT2D eigenvalue weighted by Gasteiger charge is -2.46. The SMILES string of the molecule is C[N+](C)=C(C1=C([Si](C)(C)C)C2c3ccccc3C1c1ccccc12)c1ccccc1. The summed E-state index contributed by atoms with van der Waals surface area (Å²) in [5.74, 6) is 0.685. The van der Waals surface area contributed by atoms with Gasteiger partial charge in [0, 0.05) is 23.0 Å². The lowest BCUT2D eigenvalue weighted by molar-refractivity contribution is -0.463. The van der Waals surface area contributed by atoms with E-state index in [4.69, 9.17) is 0 Å². The Bertz CT molecular complexity index is 1140. The van der Waals surface area contributed by atoms with Gasteiger partial charge in [0.1, 0.15) is 14.1 Å². The Hall–Kier alpha value is -2.71. The average Bonchev–Trinajstić information content (AvgIpc) is 2.73. The number of rotatable bonds is 3. The van der Waals surface area contributed by atoms with Gasteiger partial charge in [-0.05, 0) is 34.4 Å². The molecule has 0 spiro atoms. The minimum absolute atomic E-state index is 0.307. The molecule has 3 aliphatic carbocycles. The summed E-state index contributed by atoms with van der Waals surface area (Å²) in [6.07, 6.45) is 0. The summed E-state index contributed by atoms with van der Waals surface area (Å²) in [6.45, 7) is 7.56. The molecule has 0 saturated heterocycles. The van der Waals surface area contributed by atoms with Crippen LogP contribution in [-0.4, -0.2) is 32.5 Å². The van der Waals surface area contributed by atoms with Gasteiger partial charge in [0.15, 0.2) is 0 Å². The quantitative estimate of drug-likeness (QED) is 0.275. The van der Waals surface area contributed by atoms with Gasteiger partial charge in [-0.3, -0.25) is 0 Å². The van der Waals surface area contributed by atoms with E-state index < -0.39 is 8.07 Å². The molecule has 0 amide bonds. The van der Waals surface area contributed by atoms with Gasteiger partial charge in [0.2, 0.25) is 5.71 Å². The van der Waals surface area contributed by atoms with Crippen LogP contribution in [0.15, 0.2) is 89.6 Å². The highest BCUT2D eigenvalue weighted by atomic mass is 28.3. The molecule has 0 N–H and O–H groups in total. The molecule has 2 bridgehead atoms. The summed E-state index contributed by atoms with van der Waals surface area (Å²) >= 11 is 0. The van der Waals surface area contributed by atoms with E-state index in [1.165, 1.54) is 33.5 Å². The molecule has 0 radical (unpaired) electrons. The zero-order chi connectivity index (χ0) is 21.0. The lowest BCUT2D eigenvalue weighted by atomic mass is 9.63. The van der Waals surface area contributed by atoms with Crippen LogP contribution >= 0.6 is 0 Å². The highest BCUT2D eigenvalue weighted by Crippen LogP contribution is 2.57. The molecule has 0 saturated carbocycles. The van der Waals surface area contributed by atoms with Crippen LogP contribution in [0.3, 0.4) is 0 Å². The van der Waals surface area contributed by atoms with Gasteiger partial charge in [0.25, 0.3) is 0 Å². The maximum atomic E-state index is 2.52. The summed E-state index contributed by atoms with van der Waals surface area (Å²) in [4.78, 5) is 0. The standard InChI is InChI=1S/C28H30NSi/c1-29(2)27(19-13-7-6-8-14-19)26-24-20-15-9-11-17-22(20)25(28(26)30(3,4)5)23-18-12-10-16-21(23)24/h6-18,24-25H,1-5H3/q+1. The Morgan fingerprint density at radius 1 is 0.633 bits per heavy atom. The predicted octanol–water partition coefficient (Wildman–Crippen LogP) is 6.21. The molecule has 0 unspecified atom stereocenters. The Morgan fingerprint density at radius 2 is 1.07 bits per heavy atom. The maximum absolute atomic E-state index is 2.52. The van der Waals surface area contributed by atoms with Crippen molar-refractivity contribution in [2.75, 3.05) is 14.1 Å². The van der Waals surface area contributed by atoms with Crippen molar-refractivity contribution in [1.29, 1.82) is 0 Å². The highest BCUT2D eigenvalue weighted by Gasteiger charge is 2.49. The van der Waals surface area contributed by atoms with Gasteiger partial charge in [-0.2, -0.15) is 0 Å². The largest absolute Gasteiger partial charge is 0.235 e. The van der Waals surface area contributed by atoms with E-state index in [1.807, 2.05) is 0 Å². The molecule has 0 aliphatic heterocycles. The zero-order valence-corrected chi connectivity index (χ0v) is 19.6. The number of allylic oxidation sites excluding steroid dienone is 2. The molecule has 2 heteroatoms. The van der Waals surface area contributed by atoms with Crippen molar-refractivity contribution in [1.82, 2.24) is 0 Å². The molecule has 0 atom stereocenters. The van der Waals surface area contributed by atoms with E-state index in [0.29, 0.717) is 11.8 Å². The molecule has 3 aromatic rings. The fraction of sp³-hybridized carbons (Fsp3) is 0.250. The number of hydrogen-bond acceptors (Lipinski definition) is 0. The Labute approximate surface area is 181 Å². The van der Waals surface area contributed by atoms with E-state index in [9.17, 15) is 0 Å². The third-order valence-electron chi connectivity index (χ3n) is 6.66. The number of hydrogen-bond donors (Lipinski definition) is 0. The first-order valence-corrected chi connectivity index (χ1v) is 14.4. The second-order valence-corrected chi connectivity index (χ2v) is 14.8. The van der Waals surface area contributed by atoms with Crippen LogP contribution in [0.25, 0.3) is 0 Å². The smallest absolute Gasteiger partial charge is 0.210 e. The summed E-state index contributed by atoms with van der Waals surface area (Å²) < 4.78 is 2.34. The lowest BCUT2D eigenvalue weighted by Crippen LogP contribution is -2.41. The first-order chi connectivity index (χ1) is 14.4. The molecule has 3 aromatic carbocycles. The first kappa shape index (κ1) is 19.3. The van der Waals surface area contributed by atoms with Crippen molar-refractivity contribution in [2.45, 2.75) is 31.5 Å². The minimum Gasteiger partial charge on any atom is -0.235 e. The molecular weight excluding hydrogens is 378 g/mol. The molecule has 0 aromatic heterocycles. The van der Waals surface area contributed by atoms with E-state index in [0.717, 1.165) is 0 Å². The van der Waals surface area contributed by atoms with Crippen LogP contribution in [0.5, 0.6) is 0 Å². The predicted molar refractivity (Wildman–Crippen MR) is 130 cm³/mol. The van der Waals surface area contributed by atoms with E-state index in [2.05, 4.69) is 117 Å². The maximum Gasteiger partial charge on any atom is 0.210 e. The molecule has 0 fully saturated rings. The first-order valence-electron chi connectivity index (χ1n) is 10.9. The second kappa shape index (κ2) is 6.92. The zero-order valence-electron chi connectivity index (χ0n) is 18.6. The molecule has 30 heavy (non-hydrogen) atoms. The van der Waals surface area contributed by atoms with Crippen molar-refractivity contribution >= 4 is 13.8 Å². The molecule has 6 rings (SSSR count). The van der Waals surface area contributed by atoms with Gasteiger partial charge in [-0.25, -0.2) is 4.58 Å². The van der Waals surface area contributed by atoms with Crippen LogP contribution in [0.1, 0.15) is 39.7 Å². The molecular formula is C28H30NSi+. The summed E-state index contributed by atoms with van der Waals surface area (Å²) in [6, 6.07) is 29.3.